The second-order valence-corrected chi connectivity index (χ2v) is 5.17. The molecule has 1 rings (SSSR count). The van der Waals surface area contributed by atoms with E-state index in [0.29, 0.717) is 0 Å². The van der Waals surface area contributed by atoms with Crippen molar-refractivity contribution in [1.82, 2.24) is 9.80 Å². The molecule has 1 heterocycles. The summed E-state index contributed by atoms with van der Waals surface area (Å²) in [7, 11) is 4.14. The zero-order valence-corrected chi connectivity index (χ0v) is 10.2. The molecule has 0 N–H and O–H groups in total. The molecule has 1 aliphatic heterocycles. The summed E-state index contributed by atoms with van der Waals surface area (Å²) in [5, 5.41) is 0. The number of rotatable bonds is 0. The second kappa shape index (κ2) is 4.20. The van der Waals surface area contributed by atoms with Crippen molar-refractivity contribution in [1.29, 1.82) is 0 Å². The van der Waals surface area contributed by atoms with Gasteiger partial charge in [-0.05, 0) is 33.6 Å². The van der Waals surface area contributed by atoms with Gasteiger partial charge in [0, 0.05) is 27.2 Å². The van der Waals surface area contributed by atoms with Gasteiger partial charge in [0.05, 0.1) is 5.54 Å². The topological polar surface area (TPSA) is 18.8 Å². The fraction of sp³-hybridized carbons (Fsp3) is 0.909. The van der Waals surface area contributed by atoms with E-state index in [2.05, 4.69) is 44.7 Å². The molecule has 3 heteroatoms. The van der Waals surface area contributed by atoms with Crippen molar-refractivity contribution < 1.29 is 0 Å². The maximum atomic E-state index is 4.76. The Morgan fingerprint density at radius 3 is 2.00 bits per heavy atom. The van der Waals surface area contributed by atoms with Crippen molar-refractivity contribution in [3.63, 3.8) is 0 Å². The van der Waals surface area contributed by atoms with E-state index in [1.165, 1.54) is 12.8 Å². The third-order valence-corrected chi connectivity index (χ3v) is 2.22. The first-order chi connectivity index (χ1) is 6.40. The maximum absolute atomic E-state index is 4.76. The van der Waals surface area contributed by atoms with Gasteiger partial charge >= 0.3 is 0 Å². The average Bonchev–Trinajstić information content (AvgIpc) is 2.49. The third-order valence-electron chi connectivity index (χ3n) is 2.22. The minimum absolute atomic E-state index is 0.0161. The third kappa shape index (κ3) is 3.20. The van der Waals surface area contributed by atoms with E-state index in [1.807, 2.05) is 0 Å². The van der Waals surface area contributed by atoms with Crippen molar-refractivity contribution in [3.05, 3.63) is 0 Å². The van der Waals surface area contributed by atoms with Crippen LogP contribution in [0.1, 0.15) is 33.6 Å². The number of likely N-dealkylation sites (tertiary alicyclic amines) is 1. The molecule has 1 aliphatic rings. The van der Waals surface area contributed by atoms with Crippen LogP contribution in [0.25, 0.3) is 0 Å². The van der Waals surface area contributed by atoms with Gasteiger partial charge < -0.3 is 9.80 Å². The summed E-state index contributed by atoms with van der Waals surface area (Å²) < 4.78 is 0. The number of aliphatic imine (C=N–C) groups is 1. The lowest BCUT2D eigenvalue weighted by molar-refractivity contribution is 0.412. The lowest BCUT2D eigenvalue weighted by Gasteiger charge is -2.28. The van der Waals surface area contributed by atoms with Crippen LogP contribution in [-0.4, -0.2) is 48.5 Å². The predicted octanol–water partition coefficient (Wildman–Crippen LogP) is 1.80. The number of hydrogen-bond donors (Lipinski definition) is 0. The lowest BCUT2D eigenvalue weighted by atomic mass is 10.1. The van der Waals surface area contributed by atoms with Crippen LogP contribution in [0.2, 0.25) is 0 Å². The number of guanidine groups is 1. The molecule has 0 bridgehead atoms. The van der Waals surface area contributed by atoms with Crippen molar-refractivity contribution in [2.24, 2.45) is 4.99 Å². The molecule has 0 aromatic heterocycles. The minimum Gasteiger partial charge on any atom is -0.349 e. The predicted molar refractivity (Wildman–Crippen MR) is 61.7 cm³/mol. The van der Waals surface area contributed by atoms with Crippen molar-refractivity contribution >= 4 is 5.96 Å². The summed E-state index contributed by atoms with van der Waals surface area (Å²) in [6.07, 6.45) is 2.61. The van der Waals surface area contributed by atoms with Gasteiger partial charge in [0.1, 0.15) is 0 Å². The van der Waals surface area contributed by atoms with E-state index in [1.54, 1.807) is 0 Å². The summed E-state index contributed by atoms with van der Waals surface area (Å²) in [6.45, 7) is 8.76. The van der Waals surface area contributed by atoms with E-state index in [9.17, 15) is 0 Å². The van der Waals surface area contributed by atoms with Crippen LogP contribution in [0.4, 0.5) is 0 Å². The quantitative estimate of drug-likeness (QED) is 0.435. The highest BCUT2D eigenvalue weighted by molar-refractivity contribution is 5.80. The van der Waals surface area contributed by atoms with Crippen LogP contribution < -0.4 is 0 Å². The molecule has 0 saturated carbocycles. The monoisotopic (exact) mass is 197 g/mol. The Labute approximate surface area is 87.8 Å². The van der Waals surface area contributed by atoms with Gasteiger partial charge in [-0.25, -0.2) is 4.99 Å². The van der Waals surface area contributed by atoms with Crippen molar-refractivity contribution in [2.45, 2.75) is 39.2 Å². The van der Waals surface area contributed by atoms with Crippen molar-refractivity contribution in [2.75, 3.05) is 27.2 Å². The molecule has 0 spiro atoms. The molecule has 0 amide bonds. The molecule has 0 aliphatic carbocycles. The Morgan fingerprint density at radius 2 is 1.64 bits per heavy atom. The molecule has 82 valence electrons. The molecule has 3 nitrogen and oxygen atoms in total. The molecule has 0 aromatic rings. The highest BCUT2D eigenvalue weighted by Gasteiger charge is 2.20. The van der Waals surface area contributed by atoms with Crippen LogP contribution in [0, 0.1) is 0 Å². The molecular formula is C11H23N3. The lowest BCUT2D eigenvalue weighted by Crippen LogP contribution is -2.40. The fourth-order valence-corrected chi connectivity index (χ4v) is 1.67. The Hall–Kier alpha value is -0.730. The largest absolute Gasteiger partial charge is 0.349 e. The Bertz CT molecular complexity index is 207. The molecule has 1 saturated heterocycles. The van der Waals surface area contributed by atoms with Gasteiger partial charge in [-0.3, -0.25) is 0 Å². The first kappa shape index (κ1) is 11.3. The van der Waals surface area contributed by atoms with Gasteiger partial charge in [-0.2, -0.15) is 0 Å². The van der Waals surface area contributed by atoms with E-state index in [0.717, 1.165) is 19.0 Å². The van der Waals surface area contributed by atoms with Gasteiger partial charge in [-0.1, -0.05) is 0 Å². The second-order valence-electron chi connectivity index (χ2n) is 5.17. The van der Waals surface area contributed by atoms with Crippen LogP contribution >= 0.6 is 0 Å². The molecule has 1 fully saturated rings. The summed E-state index contributed by atoms with van der Waals surface area (Å²) in [6, 6.07) is 0. The van der Waals surface area contributed by atoms with Crippen LogP contribution in [0.5, 0.6) is 0 Å². The molecule has 14 heavy (non-hydrogen) atoms. The smallest absolute Gasteiger partial charge is 0.196 e. The van der Waals surface area contributed by atoms with Gasteiger partial charge in [0.2, 0.25) is 0 Å². The summed E-state index contributed by atoms with van der Waals surface area (Å²) >= 11 is 0. The van der Waals surface area contributed by atoms with Crippen LogP contribution in [-0.2, 0) is 0 Å². The Balaban J connectivity index is 2.78. The normalized spacial score (nSPS) is 18.9. The molecule has 0 atom stereocenters. The van der Waals surface area contributed by atoms with Crippen LogP contribution in [0.15, 0.2) is 4.99 Å². The zero-order chi connectivity index (χ0) is 10.8. The number of nitrogens with zero attached hydrogens (tertiary/aromatic N) is 3. The summed E-state index contributed by atoms with van der Waals surface area (Å²) in [5.74, 6) is 1.13. The van der Waals surface area contributed by atoms with E-state index >= 15 is 0 Å². The highest BCUT2D eigenvalue weighted by atomic mass is 15.4. The SMILES string of the molecule is CN(C)C(=NC(C)(C)C)N1CCCC1. The molecular weight excluding hydrogens is 174 g/mol. The van der Waals surface area contributed by atoms with E-state index in [-0.39, 0.29) is 5.54 Å². The fourth-order valence-electron chi connectivity index (χ4n) is 1.67. The van der Waals surface area contributed by atoms with Gasteiger partial charge in [-0.15, -0.1) is 0 Å². The first-order valence-corrected chi connectivity index (χ1v) is 5.42. The summed E-state index contributed by atoms with van der Waals surface area (Å²) in [5.41, 5.74) is 0.0161. The maximum Gasteiger partial charge on any atom is 0.196 e. The minimum atomic E-state index is 0.0161. The molecule has 0 aromatic carbocycles. The average molecular weight is 197 g/mol. The Kier molecular flexibility index (Phi) is 3.40. The van der Waals surface area contributed by atoms with E-state index < -0.39 is 0 Å². The molecule has 0 unspecified atom stereocenters. The van der Waals surface area contributed by atoms with Gasteiger partial charge in [0.15, 0.2) is 5.96 Å². The van der Waals surface area contributed by atoms with Gasteiger partial charge in [0.25, 0.3) is 0 Å². The highest BCUT2D eigenvalue weighted by Crippen LogP contribution is 2.14. The summed E-state index contributed by atoms with van der Waals surface area (Å²) in [4.78, 5) is 9.26. The first-order valence-electron chi connectivity index (χ1n) is 5.42. The van der Waals surface area contributed by atoms with Crippen LogP contribution in [0.3, 0.4) is 0 Å². The Morgan fingerprint density at radius 1 is 1.14 bits per heavy atom. The zero-order valence-electron chi connectivity index (χ0n) is 10.2. The standard InChI is InChI=1S/C11H23N3/c1-11(2,3)12-10(13(4)5)14-8-6-7-9-14/h6-9H2,1-5H3. The van der Waals surface area contributed by atoms with E-state index in [4.69, 9.17) is 4.99 Å². The number of hydrogen-bond acceptors (Lipinski definition) is 1. The molecule has 0 radical (unpaired) electrons. The van der Waals surface area contributed by atoms with Crippen molar-refractivity contribution in [3.8, 4) is 0 Å².